The molecular weight excluding hydrogens is 432 g/mol. The standard InChI is InChI=1S/C21H25ClO9/c1-10-8-15(6-7-16(10)22)18-20(29-13(4)25)21(30-14(5)26)19(28-12(3)24)17(31-18)9-27-11(2)23/h6-8,17-21H,9H2,1-5H3/t17-,18?,19-,20+,21+/m1/s1. The fourth-order valence-electron chi connectivity index (χ4n) is 3.34. The first kappa shape index (κ1) is 24.6. The molecular formula is C21H25ClO9. The average molecular weight is 457 g/mol. The number of ether oxygens (including phenoxy) is 5. The van der Waals surface area contributed by atoms with E-state index in [1.54, 1.807) is 25.1 Å². The summed E-state index contributed by atoms with van der Waals surface area (Å²) in [5.41, 5.74) is 1.33. The molecule has 170 valence electrons. The molecule has 1 saturated heterocycles. The molecule has 0 bridgehead atoms. The Bertz CT molecular complexity index is 853. The summed E-state index contributed by atoms with van der Waals surface area (Å²) in [4.78, 5) is 46.8. The van der Waals surface area contributed by atoms with Crippen molar-refractivity contribution in [3.8, 4) is 0 Å². The van der Waals surface area contributed by atoms with E-state index in [4.69, 9.17) is 35.3 Å². The summed E-state index contributed by atoms with van der Waals surface area (Å²) in [6.45, 7) is 6.27. The van der Waals surface area contributed by atoms with Crippen LogP contribution in [0.5, 0.6) is 0 Å². The first-order valence-electron chi connectivity index (χ1n) is 9.56. The van der Waals surface area contributed by atoms with Crippen LogP contribution in [-0.4, -0.2) is 54.9 Å². The third-order valence-electron chi connectivity index (χ3n) is 4.50. The molecule has 0 saturated carbocycles. The smallest absolute Gasteiger partial charge is 0.303 e. The van der Waals surface area contributed by atoms with Gasteiger partial charge in [0, 0.05) is 32.7 Å². The molecule has 10 heteroatoms. The fraction of sp³-hybridized carbons (Fsp3) is 0.524. The summed E-state index contributed by atoms with van der Waals surface area (Å²) >= 11 is 6.12. The van der Waals surface area contributed by atoms with Gasteiger partial charge >= 0.3 is 23.9 Å². The Hall–Kier alpha value is -2.65. The van der Waals surface area contributed by atoms with E-state index in [0.717, 1.165) is 5.56 Å². The maximum Gasteiger partial charge on any atom is 0.303 e. The Labute approximate surface area is 184 Å². The molecule has 0 N–H and O–H groups in total. The van der Waals surface area contributed by atoms with Crippen LogP contribution in [0.2, 0.25) is 5.02 Å². The fourth-order valence-corrected chi connectivity index (χ4v) is 3.46. The highest BCUT2D eigenvalue weighted by Gasteiger charge is 2.52. The van der Waals surface area contributed by atoms with E-state index < -0.39 is 54.4 Å². The van der Waals surface area contributed by atoms with Crippen molar-refractivity contribution in [1.82, 2.24) is 0 Å². The molecule has 1 aliphatic rings. The second-order valence-electron chi connectivity index (χ2n) is 7.13. The van der Waals surface area contributed by atoms with Gasteiger partial charge in [-0.05, 0) is 24.1 Å². The summed E-state index contributed by atoms with van der Waals surface area (Å²) in [7, 11) is 0. The molecule has 0 amide bonds. The van der Waals surface area contributed by atoms with Gasteiger partial charge in [0.15, 0.2) is 18.3 Å². The Morgan fingerprint density at radius 2 is 1.42 bits per heavy atom. The largest absolute Gasteiger partial charge is 0.463 e. The van der Waals surface area contributed by atoms with Crippen molar-refractivity contribution in [2.45, 2.75) is 65.1 Å². The molecule has 31 heavy (non-hydrogen) atoms. The second-order valence-corrected chi connectivity index (χ2v) is 7.54. The van der Waals surface area contributed by atoms with E-state index >= 15 is 0 Å². The van der Waals surface area contributed by atoms with Crippen LogP contribution in [0.15, 0.2) is 18.2 Å². The van der Waals surface area contributed by atoms with Crippen molar-refractivity contribution in [3.63, 3.8) is 0 Å². The number of rotatable bonds is 6. The molecule has 1 heterocycles. The number of carbonyl (C=O) groups excluding carboxylic acids is 4. The molecule has 1 aromatic carbocycles. The van der Waals surface area contributed by atoms with Crippen molar-refractivity contribution in [2.75, 3.05) is 6.61 Å². The van der Waals surface area contributed by atoms with Gasteiger partial charge in [0.25, 0.3) is 0 Å². The monoisotopic (exact) mass is 456 g/mol. The summed E-state index contributed by atoms with van der Waals surface area (Å²) in [6, 6.07) is 5.07. The highest BCUT2D eigenvalue weighted by atomic mass is 35.5. The Morgan fingerprint density at radius 1 is 0.871 bits per heavy atom. The van der Waals surface area contributed by atoms with E-state index in [-0.39, 0.29) is 6.61 Å². The minimum atomic E-state index is -1.21. The lowest BCUT2D eigenvalue weighted by atomic mass is 9.90. The molecule has 1 fully saturated rings. The number of hydrogen-bond acceptors (Lipinski definition) is 9. The summed E-state index contributed by atoms with van der Waals surface area (Å²) in [5.74, 6) is -2.59. The number of esters is 4. The number of halogens is 1. The molecule has 5 atom stereocenters. The van der Waals surface area contributed by atoms with Gasteiger partial charge in [-0.2, -0.15) is 0 Å². The van der Waals surface area contributed by atoms with Crippen LogP contribution in [0.3, 0.4) is 0 Å². The molecule has 2 rings (SSSR count). The normalized spacial score (nSPS) is 25.3. The average Bonchev–Trinajstić information content (AvgIpc) is 2.64. The predicted molar refractivity (Wildman–Crippen MR) is 107 cm³/mol. The number of hydrogen-bond donors (Lipinski definition) is 0. The van der Waals surface area contributed by atoms with Gasteiger partial charge in [-0.1, -0.05) is 23.7 Å². The van der Waals surface area contributed by atoms with Crippen LogP contribution in [0.4, 0.5) is 0 Å². The first-order valence-corrected chi connectivity index (χ1v) is 9.94. The lowest BCUT2D eigenvalue weighted by Crippen LogP contribution is -2.59. The molecule has 1 unspecified atom stereocenters. The SMILES string of the molecule is CC(=O)OC[C@H]1OC(c2ccc(Cl)c(C)c2)[C@H](OC(C)=O)[C@@H](OC(C)=O)[C@@H]1OC(C)=O. The van der Waals surface area contributed by atoms with Gasteiger partial charge in [0.1, 0.15) is 18.8 Å². The first-order chi connectivity index (χ1) is 14.5. The van der Waals surface area contributed by atoms with Crippen molar-refractivity contribution in [3.05, 3.63) is 34.3 Å². The van der Waals surface area contributed by atoms with E-state index in [1.807, 2.05) is 0 Å². The van der Waals surface area contributed by atoms with Crippen molar-refractivity contribution in [2.24, 2.45) is 0 Å². The summed E-state index contributed by atoms with van der Waals surface area (Å²) in [5, 5.41) is 0.523. The minimum absolute atomic E-state index is 0.277. The second kappa shape index (κ2) is 10.6. The van der Waals surface area contributed by atoms with Gasteiger partial charge in [-0.25, -0.2) is 0 Å². The van der Waals surface area contributed by atoms with Gasteiger partial charge in [-0.3, -0.25) is 19.2 Å². The summed E-state index contributed by atoms with van der Waals surface area (Å²) < 4.78 is 27.4. The lowest BCUT2D eigenvalue weighted by molar-refractivity contribution is -0.254. The van der Waals surface area contributed by atoms with Crippen LogP contribution < -0.4 is 0 Å². The topological polar surface area (TPSA) is 114 Å². The zero-order chi connectivity index (χ0) is 23.3. The maximum atomic E-state index is 11.9. The molecule has 0 aromatic heterocycles. The number of benzene rings is 1. The lowest BCUT2D eigenvalue weighted by Gasteiger charge is -2.44. The Balaban J connectivity index is 2.56. The van der Waals surface area contributed by atoms with Crippen LogP contribution >= 0.6 is 11.6 Å². The molecule has 0 radical (unpaired) electrons. The van der Waals surface area contributed by atoms with E-state index in [1.165, 1.54) is 27.7 Å². The Kier molecular flexibility index (Phi) is 8.41. The van der Waals surface area contributed by atoms with E-state index in [0.29, 0.717) is 10.6 Å². The van der Waals surface area contributed by atoms with Gasteiger partial charge in [0.2, 0.25) is 0 Å². The van der Waals surface area contributed by atoms with Crippen LogP contribution in [0.25, 0.3) is 0 Å². The highest BCUT2D eigenvalue weighted by Crippen LogP contribution is 2.38. The number of carbonyl (C=O) groups is 4. The maximum absolute atomic E-state index is 11.9. The van der Waals surface area contributed by atoms with Gasteiger partial charge in [0.05, 0.1) is 0 Å². The van der Waals surface area contributed by atoms with Crippen molar-refractivity contribution in [1.29, 1.82) is 0 Å². The number of aryl methyl sites for hydroxylation is 1. The molecule has 9 nitrogen and oxygen atoms in total. The van der Waals surface area contributed by atoms with E-state index in [9.17, 15) is 19.2 Å². The minimum Gasteiger partial charge on any atom is -0.463 e. The molecule has 0 spiro atoms. The van der Waals surface area contributed by atoms with Crippen molar-refractivity contribution >= 4 is 35.5 Å². The van der Waals surface area contributed by atoms with Crippen LogP contribution in [0.1, 0.15) is 44.9 Å². The van der Waals surface area contributed by atoms with Crippen LogP contribution in [-0.2, 0) is 42.9 Å². The van der Waals surface area contributed by atoms with Gasteiger partial charge < -0.3 is 23.7 Å². The van der Waals surface area contributed by atoms with Crippen LogP contribution in [0, 0.1) is 6.92 Å². The predicted octanol–water partition coefficient (Wildman–Crippen LogP) is 2.45. The molecule has 1 aromatic rings. The van der Waals surface area contributed by atoms with E-state index in [2.05, 4.69) is 0 Å². The zero-order valence-electron chi connectivity index (χ0n) is 17.9. The third-order valence-corrected chi connectivity index (χ3v) is 4.93. The highest BCUT2D eigenvalue weighted by molar-refractivity contribution is 6.31. The summed E-state index contributed by atoms with van der Waals surface area (Å²) in [6.07, 6.45) is -5.45. The van der Waals surface area contributed by atoms with Crippen molar-refractivity contribution < 1.29 is 42.9 Å². The molecule has 1 aliphatic heterocycles. The quantitative estimate of drug-likeness (QED) is 0.470. The Morgan fingerprint density at radius 3 is 1.94 bits per heavy atom. The third kappa shape index (κ3) is 6.67. The van der Waals surface area contributed by atoms with Gasteiger partial charge in [-0.15, -0.1) is 0 Å². The molecule has 0 aliphatic carbocycles. The zero-order valence-corrected chi connectivity index (χ0v) is 18.6.